The number of hydrogen-bond acceptors (Lipinski definition) is 4. The van der Waals surface area contributed by atoms with Crippen LogP contribution in [0.1, 0.15) is 5.56 Å². The summed E-state index contributed by atoms with van der Waals surface area (Å²) in [7, 11) is 0. The number of anilines is 2. The molecule has 4 heteroatoms. The molecule has 20 heavy (non-hydrogen) atoms. The van der Waals surface area contributed by atoms with Gasteiger partial charge in [-0.25, -0.2) is 9.97 Å². The summed E-state index contributed by atoms with van der Waals surface area (Å²) in [6, 6.07) is 14.2. The average Bonchev–Trinajstić information content (AvgIpc) is 2.50. The Morgan fingerprint density at radius 3 is 2.80 bits per heavy atom. The molecule has 0 aliphatic carbocycles. The fourth-order valence-corrected chi connectivity index (χ4v) is 2.34. The summed E-state index contributed by atoms with van der Waals surface area (Å²) < 4.78 is 0. The van der Waals surface area contributed by atoms with Crippen molar-refractivity contribution in [3.63, 3.8) is 0 Å². The van der Waals surface area contributed by atoms with Gasteiger partial charge in [-0.1, -0.05) is 30.3 Å². The van der Waals surface area contributed by atoms with E-state index in [0.717, 1.165) is 24.5 Å². The molecule has 0 saturated heterocycles. The maximum atomic E-state index is 6.11. The van der Waals surface area contributed by atoms with Crippen LogP contribution in [0.25, 0.3) is 10.8 Å². The Balaban J connectivity index is 1.79. The Bertz CT molecular complexity index is 710. The van der Waals surface area contributed by atoms with E-state index in [4.69, 9.17) is 5.73 Å². The third-order valence-electron chi connectivity index (χ3n) is 3.34. The van der Waals surface area contributed by atoms with Gasteiger partial charge in [0.2, 0.25) is 0 Å². The monoisotopic (exact) mass is 264 g/mol. The molecule has 0 unspecified atom stereocenters. The highest BCUT2D eigenvalue weighted by molar-refractivity contribution is 5.89. The highest BCUT2D eigenvalue weighted by Gasteiger charge is 2.05. The van der Waals surface area contributed by atoms with Gasteiger partial charge in [0.05, 0.1) is 0 Å². The summed E-state index contributed by atoms with van der Waals surface area (Å²) in [4.78, 5) is 8.04. The molecule has 3 rings (SSSR count). The van der Waals surface area contributed by atoms with Gasteiger partial charge in [0.1, 0.15) is 12.1 Å². The predicted molar refractivity (Wildman–Crippen MR) is 82.6 cm³/mol. The minimum Gasteiger partial charge on any atom is -0.398 e. The van der Waals surface area contributed by atoms with Crippen LogP contribution in [0.3, 0.4) is 0 Å². The molecule has 0 saturated carbocycles. The third kappa shape index (κ3) is 2.54. The minimum atomic E-state index is 0.787. The number of fused-ring (bicyclic) bond motifs is 1. The van der Waals surface area contributed by atoms with Gasteiger partial charge in [-0.3, -0.25) is 0 Å². The van der Waals surface area contributed by atoms with Crippen molar-refractivity contribution in [3.8, 4) is 0 Å². The van der Waals surface area contributed by atoms with Crippen molar-refractivity contribution in [2.24, 2.45) is 0 Å². The first-order valence-electron chi connectivity index (χ1n) is 6.60. The largest absolute Gasteiger partial charge is 0.398 e. The molecule has 100 valence electrons. The van der Waals surface area contributed by atoms with Crippen molar-refractivity contribution in [2.45, 2.75) is 6.42 Å². The summed E-state index contributed by atoms with van der Waals surface area (Å²) in [5.74, 6) is 0.832. The summed E-state index contributed by atoms with van der Waals surface area (Å²) in [5, 5.41) is 5.72. The van der Waals surface area contributed by atoms with Crippen molar-refractivity contribution >= 4 is 22.3 Å². The number of nitrogens with two attached hydrogens (primary N) is 1. The zero-order chi connectivity index (χ0) is 13.8. The van der Waals surface area contributed by atoms with Crippen LogP contribution in [0.15, 0.2) is 55.0 Å². The Hall–Kier alpha value is -2.62. The summed E-state index contributed by atoms with van der Waals surface area (Å²) >= 11 is 0. The molecule has 3 N–H and O–H groups in total. The van der Waals surface area contributed by atoms with Crippen LogP contribution in [0, 0.1) is 0 Å². The molecule has 0 amide bonds. The van der Waals surface area contributed by atoms with Gasteiger partial charge < -0.3 is 11.1 Å². The first kappa shape index (κ1) is 12.4. The molecule has 3 aromatic rings. The standard InChI is InChI=1S/C16H16N4/c17-15-6-5-12-3-1-2-4-13(12)14(15)7-10-19-16-8-9-18-11-20-16/h1-6,8-9,11H,7,10,17H2,(H,18,19,20). The van der Waals surface area contributed by atoms with E-state index in [2.05, 4.69) is 33.5 Å². The number of hydrogen-bond donors (Lipinski definition) is 2. The van der Waals surface area contributed by atoms with Crippen molar-refractivity contribution in [3.05, 3.63) is 60.6 Å². The van der Waals surface area contributed by atoms with Crippen LogP contribution in [0.4, 0.5) is 11.5 Å². The second kappa shape index (κ2) is 5.57. The number of nitrogen functional groups attached to an aromatic ring is 1. The Labute approximate surface area is 117 Å². The molecule has 0 bridgehead atoms. The predicted octanol–water partition coefficient (Wildman–Crippen LogP) is 2.87. The summed E-state index contributed by atoms with van der Waals surface area (Å²) in [5.41, 5.74) is 8.14. The van der Waals surface area contributed by atoms with Gasteiger partial charge in [-0.15, -0.1) is 0 Å². The van der Waals surface area contributed by atoms with Gasteiger partial charge in [-0.05, 0) is 34.9 Å². The molecule has 0 aliphatic rings. The van der Waals surface area contributed by atoms with Crippen LogP contribution in [-0.2, 0) is 6.42 Å². The SMILES string of the molecule is Nc1ccc2ccccc2c1CCNc1ccncn1. The number of aromatic nitrogens is 2. The molecule has 4 nitrogen and oxygen atoms in total. The third-order valence-corrected chi connectivity index (χ3v) is 3.34. The number of benzene rings is 2. The molecule has 0 spiro atoms. The van der Waals surface area contributed by atoms with Gasteiger partial charge in [0.25, 0.3) is 0 Å². The quantitative estimate of drug-likeness (QED) is 0.711. The average molecular weight is 264 g/mol. The van der Waals surface area contributed by atoms with E-state index in [1.807, 2.05) is 24.3 Å². The fraction of sp³-hybridized carbons (Fsp3) is 0.125. The fourth-order valence-electron chi connectivity index (χ4n) is 2.34. The van der Waals surface area contributed by atoms with Crippen molar-refractivity contribution in [1.29, 1.82) is 0 Å². The van der Waals surface area contributed by atoms with Crippen molar-refractivity contribution in [2.75, 3.05) is 17.6 Å². The first-order chi connectivity index (χ1) is 9.84. The van der Waals surface area contributed by atoms with E-state index in [1.54, 1.807) is 6.20 Å². The lowest BCUT2D eigenvalue weighted by Crippen LogP contribution is -2.08. The molecule has 0 aliphatic heterocycles. The van der Waals surface area contributed by atoms with Gasteiger partial charge in [0, 0.05) is 18.4 Å². The minimum absolute atomic E-state index is 0.787. The Morgan fingerprint density at radius 2 is 1.95 bits per heavy atom. The lowest BCUT2D eigenvalue weighted by atomic mass is 10.0. The molecule has 1 heterocycles. The number of nitrogens with zero attached hydrogens (tertiary/aromatic N) is 2. The van der Waals surface area contributed by atoms with E-state index in [-0.39, 0.29) is 0 Å². The van der Waals surface area contributed by atoms with E-state index in [1.165, 1.54) is 22.7 Å². The van der Waals surface area contributed by atoms with E-state index in [9.17, 15) is 0 Å². The number of rotatable bonds is 4. The Kier molecular flexibility index (Phi) is 3.46. The summed E-state index contributed by atoms with van der Waals surface area (Å²) in [6.45, 7) is 0.787. The first-order valence-corrected chi connectivity index (χ1v) is 6.60. The highest BCUT2D eigenvalue weighted by Crippen LogP contribution is 2.24. The molecular weight excluding hydrogens is 248 g/mol. The maximum Gasteiger partial charge on any atom is 0.129 e. The van der Waals surface area contributed by atoms with Crippen LogP contribution >= 0.6 is 0 Å². The van der Waals surface area contributed by atoms with Crippen LogP contribution < -0.4 is 11.1 Å². The zero-order valence-electron chi connectivity index (χ0n) is 11.1. The Morgan fingerprint density at radius 1 is 1.05 bits per heavy atom. The second-order valence-electron chi connectivity index (χ2n) is 4.63. The normalized spacial score (nSPS) is 10.6. The molecular formula is C16H16N4. The maximum absolute atomic E-state index is 6.11. The molecule has 0 radical (unpaired) electrons. The lowest BCUT2D eigenvalue weighted by molar-refractivity contribution is 1.01. The molecule has 1 aromatic heterocycles. The van der Waals surface area contributed by atoms with Crippen molar-refractivity contribution < 1.29 is 0 Å². The highest BCUT2D eigenvalue weighted by atomic mass is 15.0. The molecule has 2 aromatic carbocycles. The van der Waals surface area contributed by atoms with E-state index in [0.29, 0.717) is 0 Å². The van der Waals surface area contributed by atoms with Gasteiger partial charge in [-0.2, -0.15) is 0 Å². The van der Waals surface area contributed by atoms with Gasteiger partial charge >= 0.3 is 0 Å². The van der Waals surface area contributed by atoms with Gasteiger partial charge in [0.15, 0.2) is 0 Å². The van der Waals surface area contributed by atoms with E-state index < -0.39 is 0 Å². The van der Waals surface area contributed by atoms with Crippen LogP contribution in [0.5, 0.6) is 0 Å². The molecule has 0 fully saturated rings. The zero-order valence-corrected chi connectivity index (χ0v) is 11.1. The smallest absolute Gasteiger partial charge is 0.129 e. The van der Waals surface area contributed by atoms with E-state index >= 15 is 0 Å². The second-order valence-corrected chi connectivity index (χ2v) is 4.63. The summed E-state index contributed by atoms with van der Waals surface area (Å²) in [6.07, 6.45) is 4.12. The van der Waals surface area contributed by atoms with Crippen molar-refractivity contribution in [1.82, 2.24) is 9.97 Å². The van der Waals surface area contributed by atoms with Crippen LogP contribution in [-0.4, -0.2) is 16.5 Å². The lowest BCUT2D eigenvalue weighted by Gasteiger charge is -2.11. The number of nitrogens with one attached hydrogen (secondary N) is 1. The topological polar surface area (TPSA) is 63.8 Å². The van der Waals surface area contributed by atoms with Crippen LogP contribution in [0.2, 0.25) is 0 Å². The molecule has 0 atom stereocenters.